The van der Waals surface area contributed by atoms with E-state index in [2.05, 4.69) is 15.9 Å². The van der Waals surface area contributed by atoms with Gasteiger partial charge in [0.15, 0.2) is 0 Å². The predicted molar refractivity (Wildman–Crippen MR) is 71.2 cm³/mol. The first-order valence-electron chi connectivity index (χ1n) is 5.64. The maximum Gasteiger partial charge on any atom is 0.314 e. The van der Waals surface area contributed by atoms with Crippen molar-refractivity contribution in [1.82, 2.24) is 0 Å². The zero-order valence-electron chi connectivity index (χ0n) is 9.63. The first-order chi connectivity index (χ1) is 8.46. The van der Waals surface area contributed by atoms with E-state index in [0.717, 1.165) is 4.47 Å². The van der Waals surface area contributed by atoms with Crippen LogP contribution in [0.1, 0.15) is 12.8 Å². The lowest BCUT2D eigenvalue weighted by Crippen LogP contribution is -2.30. The third kappa shape index (κ3) is 3.55. The van der Waals surface area contributed by atoms with Crippen LogP contribution in [0.4, 0.5) is 0 Å². The molecule has 0 aliphatic carbocycles. The lowest BCUT2D eigenvalue weighted by molar-refractivity contribution is -0.139. The topological polar surface area (TPSA) is 60.4 Å². The number of carbonyl (C=O) groups is 1. The van der Waals surface area contributed by atoms with Gasteiger partial charge in [-0.05, 0) is 31.0 Å². The Morgan fingerprint density at radius 3 is 2.56 bits per heavy atom. The summed E-state index contributed by atoms with van der Waals surface area (Å²) in [6, 6.07) is 7.02. The summed E-state index contributed by atoms with van der Waals surface area (Å²) in [6.45, 7) is 0. The standard InChI is InChI=1S/C12H13BrO4S/c13-10-2-1-3-11(8-10)17-12(14)9-4-6-18(15,16)7-5-9/h1-3,8-9H,4-7H2. The SMILES string of the molecule is O=C(Oc1cccc(Br)c1)C1CCS(=O)(=O)CC1. The second-order valence-electron chi connectivity index (χ2n) is 4.30. The Labute approximate surface area is 114 Å². The van der Waals surface area contributed by atoms with Gasteiger partial charge >= 0.3 is 5.97 Å². The average Bonchev–Trinajstić information content (AvgIpc) is 2.28. The second kappa shape index (κ2) is 5.40. The van der Waals surface area contributed by atoms with Gasteiger partial charge in [0.25, 0.3) is 0 Å². The Bertz CT molecular complexity index is 539. The van der Waals surface area contributed by atoms with Crippen LogP contribution in [0.3, 0.4) is 0 Å². The number of benzene rings is 1. The first-order valence-corrected chi connectivity index (χ1v) is 8.25. The molecule has 1 aromatic rings. The van der Waals surface area contributed by atoms with Crippen molar-refractivity contribution in [2.24, 2.45) is 5.92 Å². The quantitative estimate of drug-likeness (QED) is 0.615. The van der Waals surface area contributed by atoms with Crippen molar-refractivity contribution in [2.45, 2.75) is 12.8 Å². The molecule has 0 N–H and O–H groups in total. The minimum atomic E-state index is -2.94. The summed E-state index contributed by atoms with van der Waals surface area (Å²) in [5.74, 6) is -0.0328. The summed E-state index contributed by atoms with van der Waals surface area (Å²) in [4.78, 5) is 11.9. The molecular formula is C12H13BrO4S. The van der Waals surface area contributed by atoms with E-state index < -0.39 is 9.84 Å². The number of hydrogen-bond donors (Lipinski definition) is 0. The molecule has 0 radical (unpaired) electrons. The van der Waals surface area contributed by atoms with Crippen molar-refractivity contribution >= 4 is 31.7 Å². The fourth-order valence-corrected chi connectivity index (χ4v) is 3.73. The molecule has 1 aliphatic rings. The highest BCUT2D eigenvalue weighted by Gasteiger charge is 2.29. The number of halogens is 1. The van der Waals surface area contributed by atoms with Crippen molar-refractivity contribution in [3.8, 4) is 5.75 Å². The van der Waals surface area contributed by atoms with Gasteiger partial charge in [-0.2, -0.15) is 0 Å². The molecule has 2 rings (SSSR count). The molecule has 0 aromatic heterocycles. The molecule has 0 bridgehead atoms. The van der Waals surface area contributed by atoms with Crippen LogP contribution < -0.4 is 4.74 Å². The molecule has 0 spiro atoms. The minimum Gasteiger partial charge on any atom is -0.426 e. The van der Waals surface area contributed by atoms with E-state index in [9.17, 15) is 13.2 Å². The van der Waals surface area contributed by atoms with Crippen LogP contribution in [0, 0.1) is 5.92 Å². The maximum atomic E-state index is 11.9. The third-order valence-corrected chi connectivity index (χ3v) is 5.11. The second-order valence-corrected chi connectivity index (χ2v) is 7.52. The Morgan fingerprint density at radius 1 is 1.28 bits per heavy atom. The smallest absolute Gasteiger partial charge is 0.314 e. The molecule has 1 saturated heterocycles. The molecule has 98 valence electrons. The number of hydrogen-bond acceptors (Lipinski definition) is 4. The van der Waals surface area contributed by atoms with Crippen LogP contribution in [-0.2, 0) is 14.6 Å². The minimum absolute atomic E-state index is 0.0747. The molecule has 1 heterocycles. The zero-order valence-corrected chi connectivity index (χ0v) is 12.0. The summed E-state index contributed by atoms with van der Waals surface area (Å²) in [7, 11) is -2.94. The van der Waals surface area contributed by atoms with Crippen LogP contribution in [0.5, 0.6) is 5.75 Å². The van der Waals surface area contributed by atoms with Crippen molar-refractivity contribution in [2.75, 3.05) is 11.5 Å². The van der Waals surface area contributed by atoms with Gasteiger partial charge in [0, 0.05) is 4.47 Å². The molecule has 0 amide bonds. The number of rotatable bonds is 2. The van der Waals surface area contributed by atoms with Gasteiger partial charge in [-0.25, -0.2) is 8.42 Å². The number of ether oxygens (including phenoxy) is 1. The van der Waals surface area contributed by atoms with Crippen molar-refractivity contribution < 1.29 is 17.9 Å². The molecule has 1 aliphatic heterocycles. The van der Waals surface area contributed by atoms with Gasteiger partial charge in [-0.1, -0.05) is 22.0 Å². The van der Waals surface area contributed by atoms with Gasteiger partial charge in [0.1, 0.15) is 15.6 Å². The van der Waals surface area contributed by atoms with Gasteiger partial charge in [0.05, 0.1) is 17.4 Å². The molecule has 1 fully saturated rings. The highest BCUT2D eigenvalue weighted by atomic mass is 79.9. The first kappa shape index (κ1) is 13.5. The molecule has 18 heavy (non-hydrogen) atoms. The largest absolute Gasteiger partial charge is 0.426 e. The van der Waals surface area contributed by atoms with E-state index in [-0.39, 0.29) is 23.4 Å². The van der Waals surface area contributed by atoms with E-state index in [1.165, 1.54) is 0 Å². The molecule has 0 atom stereocenters. The summed E-state index contributed by atoms with van der Waals surface area (Å²) in [5, 5.41) is 0. The van der Waals surface area contributed by atoms with E-state index in [1.54, 1.807) is 18.2 Å². The van der Waals surface area contributed by atoms with Gasteiger partial charge < -0.3 is 4.74 Å². The number of sulfone groups is 1. The van der Waals surface area contributed by atoms with Crippen LogP contribution in [0.25, 0.3) is 0 Å². The predicted octanol–water partition coefficient (Wildman–Crippen LogP) is 2.18. The molecule has 1 aromatic carbocycles. The summed E-state index contributed by atoms with van der Waals surface area (Å²) >= 11 is 3.29. The maximum absolute atomic E-state index is 11.9. The molecular weight excluding hydrogens is 320 g/mol. The van der Waals surface area contributed by atoms with E-state index in [4.69, 9.17) is 4.74 Å². The van der Waals surface area contributed by atoms with Crippen LogP contribution in [0.2, 0.25) is 0 Å². The molecule has 0 unspecified atom stereocenters. The van der Waals surface area contributed by atoms with Gasteiger partial charge in [0.2, 0.25) is 0 Å². The van der Waals surface area contributed by atoms with Crippen molar-refractivity contribution in [3.05, 3.63) is 28.7 Å². The molecule has 6 heteroatoms. The van der Waals surface area contributed by atoms with E-state index in [1.807, 2.05) is 6.07 Å². The Balaban J connectivity index is 1.97. The molecule has 0 saturated carbocycles. The monoisotopic (exact) mass is 332 g/mol. The van der Waals surface area contributed by atoms with Crippen LogP contribution in [0.15, 0.2) is 28.7 Å². The molecule has 4 nitrogen and oxygen atoms in total. The highest BCUT2D eigenvalue weighted by Crippen LogP contribution is 2.23. The summed E-state index contributed by atoms with van der Waals surface area (Å²) in [5.41, 5.74) is 0. The number of esters is 1. The summed E-state index contributed by atoms with van der Waals surface area (Å²) < 4.78 is 28.6. The fraction of sp³-hybridized carbons (Fsp3) is 0.417. The Kier molecular flexibility index (Phi) is 4.07. The summed E-state index contributed by atoms with van der Waals surface area (Å²) in [6.07, 6.45) is 0.713. The lowest BCUT2D eigenvalue weighted by Gasteiger charge is -2.20. The average molecular weight is 333 g/mol. The third-order valence-electron chi connectivity index (χ3n) is 2.90. The van der Waals surface area contributed by atoms with E-state index in [0.29, 0.717) is 18.6 Å². The normalized spacial score (nSPS) is 19.4. The van der Waals surface area contributed by atoms with Gasteiger partial charge in [-0.3, -0.25) is 4.79 Å². The van der Waals surface area contributed by atoms with E-state index >= 15 is 0 Å². The van der Waals surface area contributed by atoms with Crippen molar-refractivity contribution in [1.29, 1.82) is 0 Å². The highest BCUT2D eigenvalue weighted by molar-refractivity contribution is 9.10. The zero-order chi connectivity index (χ0) is 13.2. The van der Waals surface area contributed by atoms with Crippen LogP contribution in [-0.4, -0.2) is 25.9 Å². The number of carbonyl (C=O) groups excluding carboxylic acids is 1. The lowest BCUT2D eigenvalue weighted by atomic mass is 10.0. The Hall–Kier alpha value is -0.880. The van der Waals surface area contributed by atoms with Crippen LogP contribution >= 0.6 is 15.9 Å². The van der Waals surface area contributed by atoms with Gasteiger partial charge in [-0.15, -0.1) is 0 Å². The van der Waals surface area contributed by atoms with Crippen molar-refractivity contribution in [3.63, 3.8) is 0 Å². The Morgan fingerprint density at radius 2 is 1.94 bits per heavy atom. The fourth-order valence-electron chi connectivity index (χ4n) is 1.86.